The van der Waals surface area contributed by atoms with Gasteiger partial charge in [-0.15, -0.1) is 0 Å². The van der Waals surface area contributed by atoms with Gasteiger partial charge in [-0.2, -0.15) is 0 Å². The summed E-state index contributed by atoms with van der Waals surface area (Å²) in [7, 11) is 0. The van der Waals surface area contributed by atoms with E-state index in [0.717, 1.165) is 71.4 Å². The van der Waals surface area contributed by atoms with E-state index in [9.17, 15) is 9.90 Å². The van der Waals surface area contributed by atoms with Crippen LogP contribution in [0, 0.1) is 46.3 Å². The third-order valence-corrected chi connectivity index (χ3v) is 13.7. The molecule has 7 heteroatoms. The van der Waals surface area contributed by atoms with E-state index in [1.807, 2.05) is 0 Å². The van der Waals surface area contributed by atoms with E-state index in [-0.39, 0.29) is 23.4 Å². The molecule has 0 amide bonds. The lowest BCUT2D eigenvalue weighted by atomic mass is 9.44. The maximum absolute atomic E-state index is 12.8. The van der Waals surface area contributed by atoms with E-state index in [1.165, 1.54) is 77.0 Å². The number of ether oxygens (including phenoxy) is 1. The average Bonchev–Trinajstić information content (AvgIpc) is 3.37. The van der Waals surface area contributed by atoms with Gasteiger partial charge in [-0.25, -0.2) is 0 Å². The van der Waals surface area contributed by atoms with Crippen LogP contribution in [0.15, 0.2) is 0 Å². The molecule has 5 aliphatic rings. The van der Waals surface area contributed by atoms with Crippen molar-refractivity contribution in [3.05, 3.63) is 0 Å². The Balaban J connectivity index is 1.03. The maximum Gasteiger partial charge on any atom is 0.308 e. The molecule has 0 aromatic heterocycles. The number of esters is 1. The number of fused-ring (bicyclic) bond motifs is 5. The van der Waals surface area contributed by atoms with Crippen LogP contribution in [0.4, 0.5) is 0 Å². The van der Waals surface area contributed by atoms with Crippen molar-refractivity contribution in [2.75, 3.05) is 45.9 Å². The van der Waals surface area contributed by atoms with E-state index in [0.29, 0.717) is 47.7 Å². The molecule has 6 N–H and O–H groups in total. The third kappa shape index (κ3) is 8.03. The Morgan fingerprint density at radius 3 is 2.23 bits per heavy atom. The number of rotatable bonds is 16. The molecule has 254 valence electrons. The molecular formula is C37H68N4O3. The van der Waals surface area contributed by atoms with Gasteiger partial charge in [0.2, 0.25) is 0 Å². The van der Waals surface area contributed by atoms with Crippen LogP contribution < -0.4 is 21.7 Å². The monoisotopic (exact) mass is 617 g/mol. The molecule has 0 radical (unpaired) electrons. The smallest absolute Gasteiger partial charge is 0.308 e. The van der Waals surface area contributed by atoms with Gasteiger partial charge in [0.05, 0.1) is 18.6 Å². The Labute approximate surface area is 269 Å². The van der Waals surface area contributed by atoms with Crippen molar-refractivity contribution in [1.29, 1.82) is 0 Å². The lowest BCUT2D eigenvalue weighted by Crippen LogP contribution is -2.59. The van der Waals surface area contributed by atoms with Crippen molar-refractivity contribution in [2.24, 2.45) is 52.1 Å². The van der Waals surface area contributed by atoms with Gasteiger partial charge in [-0.3, -0.25) is 4.79 Å². The first-order valence-electron chi connectivity index (χ1n) is 19.1. The Hall–Kier alpha value is -0.730. The second-order valence-electron chi connectivity index (χ2n) is 16.2. The third-order valence-electron chi connectivity index (χ3n) is 13.7. The van der Waals surface area contributed by atoms with Gasteiger partial charge < -0.3 is 31.5 Å². The van der Waals surface area contributed by atoms with Crippen molar-refractivity contribution in [1.82, 2.24) is 16.0 Å². The molecule has 44 heavy (non-hydrogen) atoms. The van der Waals surface area contributed by atoms with Gasteiger partial charge in [0.1, 0.15) is 0 Å². The highest BCUT2D eigenvalue weighted by Gasteiger charge is 2.62. The van der Waals surface area contributed by atoms with Gasteiger partial charge in [-0.05, 0) is 170 Å². The summed E-state index contributed by atoms with van der Waals surface area (Å²) < 4.78 is 6.03. The summed E-state index contributed by atoms with van der Waals surface area (Å²) >= 11 is 0. The van der Waals surface area contributed by atoms with Crippen LogP contribution in [-0.2, 0) is 9.53 Å². The zero-order chi connectivity index (χ0) is 31.0. The fourth-order valence-electron chi connectivity index (χ4n) is 10.9. The number of aliphatic hydroxyl groups excluding tert-OH is 1. The standard InChI is InChI=1S/C37H68N4O3/c1-36-17-15-32-34(31(36)13-12-28(36)26-44-35(43)27-10-4-3-5-11-27)33(42)25-29-24-30(14-16-37(29,32)2)41-23-9-22-40-20-7-6-19-39-21-8-18-38/h27-34,39-42H,3-26,38H2,1-2H3/t28?,29?,30-,31?,32?,33-,34?,36-,37+/m1/s1. The predicted octanol–water partition coefficient (Wildman–Crippen LogP) is 5.40. The molecule has 5 saturated carbocycles. The Morgan fingerprint density at radius 2 is 1.48 bits per heavy atom. The molecule has 9 atom stereocenters. The lowest BCUT2D eigenvalue weighted by Gasteiger charge is -2.62. The minimum Gasteiger partial charge on any atom is -0.465 e. The highest BCUT2D eigenvalue weighted by Crippen LogP contribution is 2.67. The summed E-state index contributed by atoms with van der Waals surface area (Å²) in [6, 6.07) is 0.597. The van der Waals surface area contributed by atoms with Crippen molar-refractivity contribution in [2.45, 2.75) is 135 Å². The molecule has 0 saturated heterocycles. The quantitative estimate of drug-likeness (QED) is 0.117. The molecule has 0 aromatic carbocycles. The van der Waals surface area contributed by atoms with Crippen LogP contribution in [0.1, 0.15) is 123 Å². The molecular weight excluding hydrogens is 548 g/mol. The number of nitrogens with one attached hydrogen (secondary N) is 3. The van der Waals surface area contributed by atoms with Crippen LogP contribution in [0.2, 0.25) is 0 Å². The number of carbonyl (C=O) groups excluding carboxylic acids is 1. The zero-order valence-corrected chi connectivity index (χ0v) is 28.4. The summed E-state index contributed by atoms with van der Waals surface area (Å²) in [5.41, 5.74) is 6.10. The molecule has 5 unspecified atom stereocenters. The summed E-state index contributed by atoms with van der Waals surface area (Å²) in [6.07, 6.45) is 19.8. The van der Waals surface area contributed by atoms with E-state index >= 15 is 0 Å². The van der Waals surface area contributed by atoms with Gasteiger partial charge in [0.15, 0.2) is 0 Å². The van der Waals surface area contributed by atoms with Crippen molar-refractivity contribution in [3.8, 4) is 0 Å². The topological polar surface area (TPSA) is 109 Å². The maximum atomic E-state index is 12.8. The van der Waals surface area contributed by atoms with E-state index in [1.54, 1.807) is 0 Å². The largest absolute Gasteiger partial charge is 0.465 e. The second-order valence-corrected chi connectivity index (χ2v) is 16.2. The molecule has 5 rings (SSSR count). The summed E-state index contributed by atoms with van der Waals surface area (Å²) in [6.45, 7) is 11.9. The van der Waals surface area contributed by atoms with E-state index < -0.39 is 0 Å². The molecule has 5 fully saturated rings. The van der Waals surface area contributed by atoms with Gasteiger partial charge in [-0.1, -0.05) is 33.1 Å². The number of hydrogen-bond donors (Lipinski definition) is 5. The summed E-state index contributed by atoms with van der Waals surface area (Å²) in [5.74, 6) is 2.92. The number of aliphatic hydroxyl groups is 1. The molecule has 0 aliphatic heterocycles. The number of carbonyl (C=O) groups is 1. The number of unbranched alkanes of at least 4 members (excludes halogenated alkanes) is 1. The second kappa shape index (κ2) is 16.4. The molecule has 0 spiro atoms. The lowest BCUT2D eigenvalue weighted by molar-refractivity contribution is -0.170. The zero-order valence-electron chi connectivity index (χ0n) is 28.4. The normalized spacial score (nSPS) is 39.0. The molecule has 0 heterocycles. The number of nitrogens with two attached hydrogens (primary N) is 1. The van der Waals surface area contributed by atoms with Crippen molar-refractivity contribution >= 4 is 5.97 Å². The SMILES string of the molecule is C[C@]12CC[C@@H](NCCCNCCCCNCCCN)CC1C[C@@H](O)C1C2CC[C@]2(C)C(COC(=O)C3CCCCC3)CCC12. The van der Waals surface area contributed by atoms with Gasteiger partial charge >= 0.3 is 5.97 Å². The molecule has 0 bridgehead atoms. The highest BCUT2D eigenvalue weighted by molar-refractivity contribution is 5.72. The minimum atomic E-state index is -0.176. The van der Waals surface area contributed by atoms with E-state index in [4.69, 9.17) is 10.5 Å². The van der Waals surface area contributed by atoms with E-state index in [2.05, 4.69) is 29.8 Å². The first-order chi connectivity index (χ1) is 21.4. The Bertz CT molecular complexity index is 883. The average molecular weight is 617 g/mol. The van der Waals surface area contributed by atoms with Crippen LogP contribution in [0.25, 0.3) is 0 Å². The van der Waals surface area contributed by atoms with Crippen molar-refractivity contribution in [3.63, 3.8) is 0 Å². The predicted molar refractivity (Wildman–Crippen MR) is 179 cm³/mol. The van der Waals surface area contributed by atoms with Crippen LogP contribution in [0.5, 0.6) is 0 Å². The van der Waals surface area contributed by atoms with Crippen LogP contribution in [0.3, 0.4) is 0 Å². The minimum absolute atomic E-state index is 0.0678. The molecule has 5 aliphatic carbocycles. The fraction of sp³-hybridized carbons (Fsp3) is 0.973. The van der Waals surface area contributed by atoms with Crippen molar-refractivity contribution < 1.29 is 14.6 Å². The Morgan fingerprint density at radius 1 is 0.795 bits per heavy atom. The first-order valence-corrected chi connectivity index (χ1v) is 19.1. The van der Waals surface area contributed by atoms with Crippen LogP contribution in [-0.4, -0.2) is 69.1 Å². The summed E-state index contributed by atoms with van der Waals surface area (Å²) in [4.78, 5) is 12.8. The fourth-order valence-corrected chi connectivity index (χ4v) is 10.9. The first kappa shape index (κ1) is 34.6. The number of hydrogen-bond acceptors (Lipinski definition) is 7. The Kier molecular flexibility index (Phi) is 12.9. The highest BCUT2D eigenvalue weighted by atomic mass is 16.5. The van der Waals surface area contributed by atoms with Crippen LogP contribution >= 0.6 is 0 Å². The molecule has 0 aromatic rings. The molecule has 7 nitrogen and oxygen atoms in total. The summed E-state index contributed by atoms with van der Waals surface area (Å²) in [5, 5.41) is 22.7. The van der Waals surface area contributed by atoms with Gasteiger partial charge in [0.25, 0.3) is 0 Å². The van der Waals surface area contributed by atoms with Gasteiger partial charge in [0, 0.05) is 6.04 Å².